The minimum Gasteiger partial charge on any atom is -0.195 e. The highest BCUT2D eigenvalue weighted by Crippen LogP contribution is 2.34. The van der Waals surface area contributed by atoms with Gasteiger partial charge in [0.15, 0.2) is 0 Å². The molecule has 2 fully saturated rings. The van der Waals surface area contributed by atoms with E-state index in [1.54, 1.807) is 4.31 Å². The monoisotopic (exact) mass is 294 g/mol. The minimum absolute atomic E-state index is 0.365. The van der Waals surface area contributed by atoms with Crippen LogP contribution in [0.15, 0.2) is 0 Å². The van der Waals surface area contributed by atoms with E-state index in [0.717, 1.165) is 32.1 Å². The molecule has 2 atom stereocenters. The summed E-state index contributed by atoms with van der Waals surface area (Å²) in [6.45, 7) is 3.46. The first-order valence-electron chi connectivity index (χ1n) is 6.82. The van der Waals surface area contributed by atoms with Crippen LogP contribution in [-0.4, -0.2) is 37.2 Å². The Morgan fingerprint density at radius 2 is 2.00 bits per heavy atom. The van der Waals surface area contributed by atoms with E-state index in [1.165, 1.54) is 6.42 Å². The van der Waals surface area contributed by atoms with Gasteiger partial charge in [-0.25, -0.2) is 0 Å². The van der Waals surface area contributed by atoms with Crippen molar-refractivity contribution in [2.24, 2.45) is 5.92 Å². The minimum atomic E-state index is -3.35. The number of alkyl halides is 1. The molecule has 1 heterocycles. The number of nitrogens with one attached hydrogen (secondary N) is 1. The smallest absolute Gasteiger partial charge is 0.195 e. The molecule has 2 unspecified atom stereocenters. The predicted octanol–water partition coefficient (Wildman–Crippen LogP) is 2.10. The van der Waals surface area contributed by atoms with E-state index in [-0.39, 0.29) is 0 Å². The maximum Gasteiger partial charge on any atom is 0.279 e. The zero-order chi connectivity index (χ0) is 13.2. The van der Waals surface area contributed by atoms with Gasteiger partial charge in [-0.1, -0.05) is 19.8 Å². The van der Waals surface area contributed by atoms with Crippen LogP contribution >= 0.6 is 11.6 Å². The molecule has 2 aliphatic rings. The molecule has 2 rings (SSSR count). The van der Waals surface area contributed by atoms with E-state index in [9.17, 15) is 8.42 Å². The molecule has 6 heteroatoms. The lowest BCUT2D eigenvalue weighted by Crippen LogP contribution is -2.56. The summed E-state index contributed by atoms with van der Waals surface area (Å²) >= 11 is 6.07. The zero-order valence-corrected chi connectivity index (χ0v) is 12.6. The first kappa shape index (κ1) is 14.6. The van der Waals surface area contributed by atoms with Crippen LogP contribution in [0.1, 0.15) is 45.4 Å². The highest BCUT2D eigenvalue weighted by Gasteiger charge is 2.39. The van der Waals surface area contributed by atoms with Gasteiger partial charge in [-0.15, -0.1) is 11.6 Å². The summed E-state index contributed by atoms with van der Waals surface area (Å²) in [5.74, 6) is 0.906. The lowest BCUT2D eigenvalue weighted by atomic mass is 9.78. The lowest BCUT2D eigenvalue weighted by Gasteiger charge is -2.39. The van der Waals surface area contributed by atoms with Crippen LogP contribution in [0.3, 0.4) is 0 Å². The molecule has 1 saturated carbocycles. The van der Waals surface area contributed by atoms with Crippen molar-refractivity contribution in [1.29, 1.82) is 0 Å². The zero-order valence-electron chi connectivity index (χ0n) is 11.0. The summed E-state index contributed by atoms with van der Waals surface area (Å²) < 4.78 is 29.1. The van der Waals surface area contributed by atoms with Gasteiger partial charge in [0.1, 0.15) is 0 Å². The van der Waals surface area contributed by atoms with Crippen molar-refractivity contribution in [2.75, 3.05) is 19.0 Å². The molecule has 0 aromatic carbocycles. The molecule has 1 aliphatic carbocycles. The molecule has 0 spiro atoms. The largest absolute Gasteiger partial charge is 0.279 e. The molecule has 106 valence electrons. The maximum atomic E-state index is 12.3. The van der Waals surface area contributed by atoms with Crippen molar-refractivity contribution in [2.45, 2.75) is 51.0 Å². The Balaban J connectivity index is 2.09. The molecule has 0 aromatic heterocycles. The molecule has 18 heavy (non-hydrogen) atoms. The second-order valence-electron chi connectivity index (χ2n) is 5.83. The molecule has 1 aliphatic heterocycles. The van der Waals surface area contributed by atoms with Crippen molar-refractivity contribution < 1.29 is 8.42 Å². The third-order valence-electron chi connectivity index (χ3n) is 4.10. The van der Waals surface area contributed by atoms with Gasteiger partial charge in [-0.2, -0.15) is 17.4 Å². The molecule has 4 nitrogen and oxygen atoms in total. The summed E-state index contributed by atoms with van der Waals surface area (Å²) in [4.78, 5) is 0. The lowest BCUT2D eigenvalue weighted by molar-refractivity contribution is 0.235. The van der Waals surface area contributed by atoms with Crippen LogP contribution in [-0.2, 0) is 10.2 Å². The van der Waals surface area contributed by atoms with Crippen LogP contribution in [0.5, 0.6) is 0 Å². The summed E-state index contributed by atoms with van der Waals surface area (Å²) in [7, 11) is -3.35. The number of halogens is 1. The van der Waals surface area contributed by atoms with Crippen molar-refractivity contribution in [3.8, 4) is 0 Å². The van der Waals surface area contributed by atoms with Crippen LogP contribution in [0.2, 0.25) is 0 Å². The van der Waals surface area contributed by atoms with Gasteiger partial charge in [-0.3, -0.25) is 0 Å². The quantitative estimate of drug-likeness (QED) is 0.807. The molecule has 0 bridgehead atoms. The van der Waals surface area contributed by atoms with Crippen molar-refractivity contribution in [3.63, 3.8) is 0 Å². The van der Waals surface area contributed by atoms with E-state index in [2.05, 4.69) is 11.6 Å². The van der Waals surface area contributed by atoms with Gasteiger partial charge in [0.25, 0.3) is 10.2 Å². The number of hydrogen-bond acceptors (Lipinski definition) is 2. The molecule has 1 saturated heterocycles. The summed E-state index contributed by atoms with van der Waals surface area (Å²) in [6, 6.07) is 0. The van der Waals surface area contributed by atoms with Crippen molar-refractivity contribution in [3.05, 3.63) is 0 Å². The molecular weight excluding hydrogens is 272 g/mol. The number of hydrogen-bond donors (Lipinski definition) is 1. The van der Waals surface area contributed by atoms with Crippen LogP contribution < -0.4 is 4.72 Å². The van der Waals surface area contributed by atoms with Gasteiger partial charge >= 0.3 is 0 Å². The molecular formula is C12H23ClN2O2S. The fraction of sp³-hybridized carbons (Fsp3) is 1.00. The van der Waals surface area contributed by atoms with E-state index >= 15 is 0 Å². The second kappa shape index (κ2) is 5.65. The topological polar surface area (TPSA) is 49.4 Å². The Bertz CT molecular complexity index is 382. The van der Waals surface area contributed by atoms with E-state index < -0.39 is 15.7 Å². The molecule has 0 aromatic rings. The molecule has 1 N–H and O–H groups in total. The SMILES string of the molecule is CC1CCCC(CCl)(NS(=O)(=O)N2CCCC2)C1. The van der Waals surface area contributed by atoms with E-state index in [0.29, 0.717) is 24.9 Å². The van der Waals surface area contributed by atoms with Gasteiger partial charge in [0.05, 0.1) is 0 Å². The Labute approximate surface area is 115 Å². The molecule has 0 radical (unpaired) electrons. The van der Waals surface area contributed by atoms with Gasteiger partial charge in [0, 0.05) is 24.5 Å². The number of rotatable bonds is 4. The Kier molecular flexibility index (Phi) is 4.57. The highest BCUT2D eigenvalue weighted by molar-refractivity contribution is 7.87. The van der Waals surface area contributed by atoms with Gasteiger partial charge in [0.2, 0.25) is 0 Å². The van der Waals surface area contributed by atoms with Gasteiger partial charge < -0.3 is 0 Å². The second-order valence-corrected chi connectivity index (χ2v) is 7.77. The standard InChI is InChI=1S/C12H23ClN2O2S/c1-11-5-4-6-12(9-11,10-13)14-18(16,17)15-7-2-3-8-15/h11,14H,2-10H2,1H3. The number of nitrogens with zero attached hydrogens (tertiary/aromatic N) is 1. The van der Waals surface area contributed by atoms with Gasteiger partial charge in [-0.05, 0) is 31.6 Å². The van der Waals surface area contributed by atoms with Crippen molar-refractivity contribution in [1.82, 2.24) is 9.03 Å². The van der Waals surface area contributed by atoms with E-state index in [1.807, 2.05) is 0 Å². The first-order valence-corrected chi connectivity index (χ1v) is 8.80. The third kappa shape index (κ3) is 3.18. The van der Waals surface area contributed by atoms with E-state index in [4.69, 9.17) is 11.6 Å². The van der Waals surface area contributed by atoms with Crippen LogP contribution in [0, 0.1) is 5.92 Å². The normalized spacial score (nSPS) is 34.9. The Morgan fingerprint density at radius 3 is 2.56 bits per heavy atom. The van der Waals surface area contributed by atoms with Crippen molar-refractivity contribution >= 4 is 21.8 Å². The Hall–Kier alpha value is 0.160. The fourth-order valence-electron chi connectivity index (χ4n) is 3.17. The summed E-state index contributed by atoms with van der Waals surface area (Å²) in [5.41, 5.74) is -0.430. The Morgan fingerprint density at radius 1 is 1.33 bits per heavy atom. The fourth-order valence-corrected chi connectivity index (χ4v) is 5.23. The van der Waals surface area contributed by atoms with Crippen LogP contribution in [0.4, 0.5) is 0 Å². The predicted molar refractivity (Wildman–Crippen MR) is 73.9 cm³/mol. The molecule has 0 amide bonds. The highest BCUT2D eigenvalue weighted by atomic mass is 35.5. The maximum absolute atomic E-state index is 12.3. The average Bonchev–Trinajstić information content (AvgIpc) is 2.82. The third-order valence-corrected chi connectivity index (χ3v) is 6.35. The summed E-state index contributed by atoms with van der Waals surface area (Å²) in [6.07, 6.45) is 5.86. The summed E-state index contributed by atoms with van der Waals surface area (Å²) in [5, 5.41) is 0. The average molecular weight is 295 g/mol. The van der Waals surface area contributed by atoms with Crippen LogP contribution in [0.25, 0.3) is 0 Å². The first-order chi connectivity index (χ1) is 8.47.